The summed E-state index contributed by atoms with van der Waals surface area (Å²) < 4.78 is 21.8. The van der Waals surface area contributed by atoms with E-state index in [1.165, 1.54) is 0 Å². The molecule has 3 nitrogen and oxygen atoms in total. The summed E-state index contributed by atoms with van der Waals surface area (Å²) in [6.45, 7) is 0. The molecule has 0 aliphatic heterocycles. The van der Waals surface area contributed by atoms with Gasteiger partial charge in [0.05, 0.1) is 20.5 Å². The van der Waals surface area contributed by atoms with Gasteiger partial charge in [-0.25, -0.2) is 8.42 Å². The fraction of sp³-hybridized carbons (Fsp3) is 0. The zero-order chi connectivity index (χ0) is 10.9. The van der Waals surface area contributed by atoms with Crippen LogP contribution in [-0.2, 0) is 9.05 Å². The molecule has 0 heterocycles. The quantitative estimate of drug-likeness (QED) is 0.737. The summed E-state index contributed by atoms with van der Waals surface area (Å²) in [6.07, 6.45) is 0. The van der Waals surface area contributed by atoms with E-state index in [4.69, 9.17) is 39.1 Å². The van der Waals surface area contributed by atoms with E-state index < -0.39 is 9.05 Å². The Kier molecular flexibility index (Phi) is 3.28. The van der Waals surface area contributed by atoms with Crippen molar-refractivity contribution in [1.29, 1.82) is 5.26 Å². The van der Waals surface area contributed by atoms with Crippen molar-refractivity contribution >= 4 is 42.9 Å². The van der Waals surface area contributed by atoms with Crippen molar-refractivity contribution in [1.82, 2.24) is 0 Å². The van der Waals surface area contributed by atoms with Crippen LogP contribution in [0.4, 0.5) is 0 Å². The molecule has 1 aromatic rings. The summed E-state index contributed by atoms with van der Waals surface area (Å²) >= 11 is 11.2. The highest BCUT2D eigenvalue weighted by molar-refractivity contribution is 8.13. The van der Waals surface area contributed by atoms with Crippen molar-refractivity contribution in [3.05, 3.63) is 27.7 Å². The highest BCUT2D eigenvalue weighted by Gasteiger charge is 2.15. The van der Waals surface area contributed by atoms with Crippen LogP contribution in [0, 0.1) is 11.3 Å². The Bertz CT molecular complexity index is 495. The predicted molar refractivity (Wildman–Crippen MR) is 54.2 cm³/mol. The smallest absolute Gasteiger partial charge is 0.207 e. The maximum atomic E-state index is 10.9. The largest absolute Gasteiger partial charge is 0.261 e. The fourth-order valence-electron chi connectivity index (χ4n) is 0.797. The summed E-state index contributed by atoms with van der Waals surface area (Å²) in [5, 5.41) is 8.51. The molecular weight excluding hydrogens is 269 g/mol. The molecule has 0 aromatic heterocycles. The van der Waals surface area contributed by atoms with Crippen molar-refractivity contribution in [2.24, 2.45) is 0 Å². The zero-order valence-electron chi connectivity index (χ0n) is 6.46. The lowest BCUT2D eigenvalue weighted by Gasteiger charge is -2.01. The van der Waals surface area contributed by atoms with Crippen LogP contribution in [0.2, 0.25) is 10.0 Å². The van der Waals surface area contributed by atoms with E-state index >= 15 is 0 Å². The molecule has 0 saturated carbocycles. The van der Waals surface area contributed by atoms with Gasteiger partial charge in [-0.15, -0.1) is 0 Å². The number of halogens is 3. The summed E-state index contributed by atoms with van der Waals surface area (Å²) in [5.74, 6) is 0. The molecule has 74 valence electrons. The molecular formula is C7H2Cl3NO2S. The predicted octanol–water partition coefficient (Wildman–Crippen LogP) is 2.79. The normalized spacial score (nSPS) is 11.0. The Morgan fingerprint density at radius 1 is 1.21 bits per heavy atom. The molecule has 0 amide bonds. The van der Waals surface area contributed by atoms with Crippen LogP contribution in [0.5, 0.6) is 0 Å². The molecule has 1 aromatic carbocycles. The SMILES string of the molecule is N#Cc1c(Cl)cc(S(=O)(=O)Cl)cc1Cl. The lowest BCUT2D eigenvalue weighted by molar-refractivity contribution is 0.609. The Morgan fingerprint density at radius 2 is 1.64 bits per heavy atom. The minimum Gasteiger partial charge on any atom is -0.207 e. The van der Waals surface area contributed by atoms with Crippen LogP contribution < -0.4 is 0 Å². The Hall–Kier alpha value is -0.470. The van der Waals surface area contributed by atoms with Gasteiger partial charge in [0, 0.05) is 10.7 Å². The van der Waals surface area contributed by atoms with Crippen molar-refractivity contribution in [2.75, 3.05) is 0 Å². The van der Waals surface area contributed by atoms with Crippen LogP contribution in [0.3, 0.4) is 0 Å². The van der Waals surface area contributed by atoms with Gasteiger partial charge in [-0.05, 0) is 12.1 Å². The number of nitrogens with zero attached hydrogens (tertiary/aromatic N) is 1. The summed E-state index contributed by atoms with van der Waals surface area (Å²) in [6, 6.07) is 3.90. The van der Waals surface area contributed by atoms with Gasteiger partial charge in [-0.3, -0.25) is 0 Å². The molecule has 1 rings (SSSR count). The van der Waals surface area contributed by atoms with Crippen LogP contribution in [0.1, 0.15) is 5.56 Å². The first-order chi connectivity index (χ1) is 6.36. The van der Waals surface area contributed by atoms with E-state index in [1.807, 2.05) is 0 Å². The van der Waals surface area contributed by atoms with Crippen LogP contribution in [-0.4, -0.2) is 8.42 Å². The van der Waals surface area contributed by atoms with E-state index in [0.29, 0.717) is 0 Å². The third-order valence-electron chi connectivity index (χ3n) is 1.41. The number of hydrogen-bond donors (Lipinski definition) is 0. The van der Waals surface area contributed by atoms with Crippen LogP contribution in [0.15, 0.2) is 17.0 Å². The van der Waals surface area contributed by atoms with Crippen molar-refractivity contribution < 1.29 is 8.42 Å². The number of rotatable bonds is 1. The molecule has 0 aliphatic carbocycles. The van der Waals surface area contributed by atoms with E-state index in [2.05, 4.69) is 0 Å². The van der Waals surface area contributed by atoms with Crippen molar-refractivity contribution in [3.8, 4) is 6.07 Å². The van der Waals surface area contributed by atoms with Gasteiger partial charge in [0.2, 0.25) is 0 Å². The Morgan fingerprint density at radius 3 is 1.93 bits per heavy atom. The molecule has 0 saturated heterocycles. The molecule has 0 radical (unpaired) electrons. The third kappa shape index (κ3) is 2.31. The van der Waals surface area contributed by atoms with Gasteiger partial charge < -0.3 is 0 Å². The third-order valence-corrected chi connectivity index (χ3v) is 3.34. The number of nitriles is 1. The Balaban J connectivity index is 3.53. The molecule has 0 N–H and O–H groups in total. The maximum absolute atomic E-state index is 10.9. The molecule has 0 aliphatic rings. The molecule has 0 atom stereocenters. The molecule has 7 heteroatoms. The number of benzene rings is 1. The monoisotopic (exact) mass is 269 g/mol. The first kappa shape index (κ1) is 11.6. The minimum atomic E-state index is -3.88. The first-order valence-electron chi connectivity index (χ1n) is 3.20. The van der Waals surface area contributed by atoms with Gasteiger partial charge in [-0.1, -0.05) is 23.2 Å². The van der Waals surface area contributed by atoms with Gasteiger partial charge in [0.25, 0.3) is 9.05 Å². The lowest BCUT2D eigenvalue weighted by Crippen LogP contribution is -1.92. The van der Waals surface area contributed by atoms with E-state index in [1.54, 1.807) is 6.07 Å². The average Bonchev–Trinajstić information content (AvgIpc) is 2.01. The van der Waals surface area contributed by atoms with Crippen molar-refractivity contribution in [2.45, 2.75) is 4.90 Å². The molecule has 14 heavy (non-hydrogen) atoms. The van der Waals surface area contributed by atoms with E-state index in [9.17, 15) is 8.42 Å². The Labute approximate surface area is 95.2 Å². The van der Waals surface area contributed by atoms with Gasteiger partial charge in [0.15, 0.2) is 0 Å². The van der Waals surface area contributed by atoms with E-state index in [-0.39, 0.29) is 20.5 Å². The second-order valence-corrected chi connectivity index (χ2v) is 5.69. The highest BCUT2D eigenvalue weighted by atomic mass is 35.7. The minimum absolute atomic E-state index is 0.0254. The lowest BCUT2D eigenvalue weighted by atomic mass is 10.2. The van der Waals surface area contributed by atoms with Crippen LogP contribution >= 0.6 is 33.9 Å². The van der Waals surface area contributed by atoms with Gasteiger partial charge in [-0.2, -0.15) is 5.26 Å². The van der Waals surface area contributed by atoms with Crippen molar-refractivity contribution in [3.63, 3.8) is 0 Å². The molecule has 0 spiro atoms. The summed E-state index contributed by atoms with van der Waals surface area (Å²) in [5.41, 5.74) is 0.0254. The molecule has 0 bridgehead atoms. The standard InChI is InChI=1S/C7H2Cl3NO2S/c8-6-1-4(14(10,12)13)2-7(9)5(6)3-11/h1-2H. The second-order valence-electron chi connectivity index (χ2n) is 2.31. The number of hydrogen-bond acceptors (Lipinski definition) is 3. The van der Waals surface area contributed by atoms with Crippen LogP contribution in [0.25, 0.3) is 0 Å². The summed E-state index contributed by atoms with van der Waals surface area (Å²) in [7, 11) is 1.19. The molecule has 0 unspecified atom stereocenters. The van der Waals surface area contributed by atoms with Gasteiger partial charge >= 0.3 is 0 Å². The maximum Gasteiger partial charge on any atom is 0.261 e. The van der Waals surface area contributed by atoms with E-state index in [0.717, 1.165) is 12.1 Å². The molecule has 0 fully saturated rings. The zero-order valence-corrected chi connectivity index (χ0v) is 9.54. The average molecular weight is 271 g/mol. The van der Waals surface area contributed by atoms with Gasteiger partial charge in [0.1, 0.15) is 6.07 Å². The second kappa shape index (κ2) is 3.95. The first-order valence-corrected chi connectivity index (χ1v) is 6.26. The topological polar surface area (TPSA) is 57.9 Å². The highest BCUT2D eigenvalue weighted by Crippen LogP contribution is 2.29. The fourth-order valence-corrected chi connectivity index (χ4v) is 2.28. The summed E-state index contributed by atoms with van der Waals surface area (Å²) in [4.78, 5) is -0.229.